The van der Waals surface area contributed by atoms with E-state index in [0.29, 0.717) is 16.1 Å². The Morgan fingerprint density at radius 3 is 2.76 bits per heavy atom. The molecule has 0 aliphatic carbocycles. The van der Waals surface area contributed by atoms with E-state index in [9.17, 15) is 4.79 Å². The first kappa shape index (κ1) is 17.5. The quantitative estimate of drug-likeness (QED) is 0.466. The molecule has 2 aromatic carbocycles. The van der Waals surface area contributed by atoms with Crippen LogP contribution < -0.4 is 0 Å². The van der Waals surface area contributed by atoms with Crippen LogP contribution in [0.4, 0.5) is 0 Å². The Kier molecular flexibility index (Phi) is 5.73. The number of halogens is 1. The van der Waals surface area contributed by atoms with Crippen LogP contribution in [0.25, 0.3) is 11.5 Å². The van der Waals surface area contributed by atoms with E-state index in [2.05, 4.69) is 10.2 Å². The normalized spacial score (nSPS) is 10.6. The molecule has 0 bridgehead atoms. The van der Waals surface area contributed by atoms with E-state index in [-0.39, 0.29) is 18.3 Å². The Balaban J connectivity index is 1.50. The molecule has 1 heterocycles. The maximum absolute atomic E-state index is 11.8. The first-order chi connectivity index (χ1) is 12.1. The zero-order valence-corrected chi connectivity index (χ0v) is 15.0. The predicted octanol–water partition coefficient (Wildman–Crippen LogP) is 4.53. The van der Waals surface area contributed by atoms with Gasteiger partial charge in [-0.2, -0.15) is 0 Å². The lowest BCUT2D eigenvalue weighted by molar-refractivity contribution is -0.141. The lowest BCUT2D eigenvalue weighted by Crippen LogP contribution is -2.07. The highest BCUT2D eigenvalue weighted by Crippen LogP contribution is 2.24. The lowest BCUT2D eigenvalue weighted by atomic mass is 10.1. The molecule has 0 saturated carbocycles. The summed E-state index contributed by atoms with van der Waals surface area (Å²) < 4.78 is 10.8. The highest BCUT2D eigenvalue weighted by atomic mass is 35.5. The third kappa shape index (κ3) is 5.08. The number of ether oxygens (including phenoxy) is 1. The second-order valence-corrected chi connectivity index (χ2v) is 6.68. The molecule has 0 unspecified atom stereocenters. The Morgan fingerprint density at radius 1 is 1.20 bits per heavy atom. The SMILES string of the molecule is Cc1cccc(COC(=O)CSc2nnc(-c3ccc(Cl)cc3)o2)c1. The standard InChI is InChI=1S/C18H15ClN2O3S/c1-12-3-2-4-13(9-12)10-23-16(22)11-25-18-21-20-17(24-18)14-5-7-15(19)8-6-14/h2-9H,10-11H2,1H3. The molecule has 25 heavy (non-hydrogen) atoms. The fourth-order valence-corrected chi connectivity index (χ4v) is 2.79. The summed E-state index contributed by atoms with van der Waals surface area (Å²) in [5, 5.41) is 8.84. The van der Waals surface area contributed by atoms with Crippen LogP contribution in [-0.2, 0) is 16.1 Å². The fourth-order valence-electron chi connectivity index (χ4n) is 2.11. The number of rotatable bonds is 6. The third-order valence-corrected chi connectivity index (χ3v) is 4.34. The van der Waals surface area contributed by atoms with E-state index >= 15 is 0 Å². The van der Waals surface area contributed by atoms with Crippen LogP contribution in [-0.4, -0.2) is 21.9 Å². The summed E-state index contributed by atoms with van der Waals surface area (Å²) >= 11 is 6.99. The van der Waals surface area contributed by atoms with E-state index < -0.39 is 0 Å². The molecular weight excluding hydrogens is 360 g/mol. The minimum Gasteiger partial charge on any atom is -0.460 e. The molecular formula is C18H15ClN2O3S. The van der Waals surface area contributed by atoms with Gasteiger partial charge in [-0.25, -0.2) is 0 Å². The summed E-state index contributed by atoms with van der Waals surface area (Å²) in [4.78, 5) is 11.8. The molecule has 0 spiro atoms. The maximum atomic E-state index is 11.8. The summed E-state index contributed by atoms with van der Waals surface area (Å²) in [6.45, 7) is 2.25. The molecule has 0 aliphatic heterocycles. The number of carbonyl (C=O) groups excluding carboxylic acids is 1. The van der Waals surface area contributed by atoms with Crippen molar-refractivity contribution in [3.8, 4) is 11.5 Å². The van der Waals surface area contributed by atoms with Crippen molar-refractivity contribution in [3.63, 3.8) is 0 Å². The maximum Gasteiger partial charge on any atom is 0.316 e. The molecule has 0 amide bonds. The summed E-state index contributed by atoms with van der Waals surface area (Å²) in [5.74, 6) is 0.152. The molecule has 0 atom stereocenters. The highest BCUT2D eigenvalue weighted by molar-refractivity contribution is 7.99. The minimum absolute atomic E-state index is 0.105. The van der Waals surface area contributed by atoms with Crippen LogP contribution in [0.3, 0.4) is 0 Å². The van der Waals surface area contributed by atoms with Gasteiger partial charge in [0.05, 0.1) is 0 Å². The van der Waals surface area contributed by atoms with E-state index in [0.717, 1.165) is 28.5 Å². The van der Waals surface area contributed by atoms with Gasteiger partial charge in [0.2, 0.25) is 5.89 Å². The average Bonchev–Trinajstić information content (AvgIpc) is 3.08. The van der Waals surface area contributed by atoms with Gasteiger partial charge in [0.15, 0.2) is 0 Å². The first-order valence-corrected chi connectivity index (χ1v) is 8.90. The second kappa shape index (κ2) is 8.18. The van der Waals surface area contributed by atoms with Crippen molar-refractivity contribution in [2.45, 2.75) is 18.8 Å². The molecule has 1 aromatic heterocycles. The van der Waals surface area contributed by atoms with Gasteiger partial charge in [-0.1, -0.05) is 53.2 Å². The van der Waals surface area contributed by atoms with Crippen LogP contribution in [0.15, 0.2) is 58.2 Å². The van der Waals surface area contributed by atoms with Gasteiger partial charge in [-0.05, 0) is 36.8 Å². The zero-order chi connectivity index (χ0) is 17.6. The number of benzene rings is 2. The monoisotopic (exact) mass is 374 g/mol. The molecule has 0 saturated heterocycles. The molecule has 5 nitrogen and oxygen atoms in total. The molecule has 7 heteroatoms. The number of esters is 1. The molecule has 0 aliphatic rings. The number of hydrogen-bond donors (Lipinski definition) is 0. The number of hydrogen-bond acceptors (Lipinski definition) is 6. The number of nitrogens with zero attached hydrogens (tertiary/aromatic N) is 2. The minimum atomic E-state index is -0.335. The number of aryl methyl sites for hydroxylation is 1. The second-order valence-electron chi connectivity index (χ2n) is 5.32. The molecule has 3 rings (SSSR count). The Morgan fingerprint density at radius 2 is 2.00 bits per heavy atom. The number of carbonyl (C=O) groups is 1. The summed E-state index contributed by atoms with van der Waals surface area (Å²) in [5.41, 5.74) is 2.86. The average molecular weight is 375 g/mol. The molecule has 0 fully saturated rings. The summed E-state index contributed by atoms with van der Waals surface area (Å²) in [6, 6.07) is 14.9. The van der Waals surface area contributed by atoms with Crippen molar-refractivity contribution >= 4 is 29.3 Å². The van der Waals surface area contributed by atoms with Gasteiger partial charge in [0.25, 0.3) is 5.22 Å². The largest absolute Gasteiger partial charge is 0.460 e. The Bertz CT molecular complexity index is 865. The number of aromatic nitrogens is 2. The zero-order valence-electron chi connectivity index (χ0n) is 13.4. The molecule has 3 aromatic rings. The van der Waals surface area contributed by atoms with E-state index in [1.54, 1.807) is 24.3 Å². The number of thioether (sulfide) groups is 1. The lowest BCUT2D eigenvalue weighted by Gasteiger charge is -2.04. The van der Waals surface area contributed by atoms with Crippen molar-refractivity contribution < 1.29 is 13.9 Å². The fraction of sp³-hybridized carbons (Fsp3) is 0.167. The van der Waals surface area contributed by atoms with E-state index in [4.69, 9.17) is 20.8 Å². The highest BCUT2D eigenvalue weighted by Gasteiger charge is 2.12. The van der Waals surface area contributed by atoms with Crippen LogP contribution >= 0.6 is 23.4 Å². The van der Waals surface area contributed by atoms with Crippen molar-refractivity contribution in [3.05, 3.63) is 64.7 Å². The van der Waals surface area contributed by atoms with Gasteiger partial charge in [0, 0.05) is 10.6 Å². The van der Waals surface area contributed by atoms with Gasteiger partial charge in [-0.15, -0.1) is 10.2 Å². The molecule has 128 valence electrons. The van der Waals surface area contributed by atoms with Gasteiger partial charge < -0.3 is 9.15 Å². The Hall–Kier alpha value is -2.31. The van der Waals surface area contributed by atoms with Crippen molar-refractivity contribution in [2.75, 3.05) is 5.75 Å². The van der Waals surface area contributed by atoms with Crippen molar-refractivity contribution in [1.29, 1.82) is 0 Å². The van der Waals surface area contributed by atoms with Gasteiger partial charge in [0.1, 0.15) is 12.4 Å². The van der Waals surface area contributed by atoms with Gasteiger partial charge in [-0.3, -0.25) is 4.79 Å². The predicted molar refractivity (Wildman–Crippen MR) is 96.4 cm³/mol. The van der Waals surface area contributed by atoms with Crippen LogP contribution in [0.5, 0.6) is 0 Å². The van der Waals surface area contributed by atoms with Gasteiger partial charge >= 0.3 is 5.97 Å². The summed E-state index contributed by atoms with van der Waals surface area (Å²) in [7, 11) is 0. The molecule has 0 radical (unpaired) electrons. The van der Waals surface area contributed by atoms with Crippen LogP contribution in [0.2, 0.25) is 5.02 Å². The first-order valence-electron chi connectivity index (χ1n) is 7.53. The molecule has 0 N–H and O–H groups in total. The topological polar surface area (TPSA) is 65.2 Å². The third-order valence-electron chi connectivity index (χ3n) is 3.29. The van der Waals surface area contributed by atoms with Crippen molar-refractivity contribution in [2.24, 2.45) is 0 Å². The van der Waals surface area contributed by atoms with Crippen molar-refractivity contribution in [1.82, 2.24) is 10.2 Å². The Labute approximate surface area is 154 Å². The van der Waals surface area contributed by atoms with Crippen LogP contribution in [0, 0.1) is 6.92 Å². The van der Waals surface area contributed by atoms with E-state index in [1.807, 2.05) is 31.2 Å². The smallest absolute Gasteiger partial charge is 0.316 e. The summed E-state index contributed by atoms with van der Waals surface area (Å²) in [6.07, 6.45) is 0. The van der Waals surface area contributed by atoms with E-state index in [1.165, 1.54) is 0 Å². The van der Waals surface area contributed by atoms with Crippen LogP contribution in [0.1, 0.15) is 11.1 Å².